The van der Waals surface area contributed by atoms with Gasteiger partial charge in [0.15, 0.2) is 0 Å². The van der Waals surface area contributed by atoms with Crippen LogP contribution in [0.15, 0.2) is 18.3 Å². The molecule has 0 aromatic carbocycles. The van der Waals surface area contributed by atoms with Crippen molar-refractivity contribution in [2.45, 2.75) is 33.3 Å². The summed E-state index contributed by atoms with van der Waals surface area (Å²) in [5.41, 5.74) is 1.92. The molecule has 1 aromatic rings. The molecular weight excluding hydrogens is 212 g/mol. The molecule has 3 atom stereocenters. The maximum Gasteiger partial charge on any atom is 0.0931 e. The fourth-order valence-electron chi connectivity index (χ4n) is 2.71. The molecule has 1 fully saturated rings. The highest BCUT2D eigenvalue weighted by Gasteiger charge is 2.22. The van der Waals surface area contributed by atoms with E-state index in [1.807, 2.05) is 12.3 Å². The first-order valence-corrected chi connectivity index (χ1v) is 6.45. The second-order valence-corrected chi connectivity index (χ2v) is 5.47. The van der Waals surface area contributed by atoms with Crippen LogP contribution in [-0.4, -0.2) is 23.2 Å². The van der Waals surface area contributed by atoms with Crippen LogP contribution in [0.25, 0.3) is 0 Å². The van der Waals surface area contributed by atoms with Gasteiger partial charge >= 0.3 is 0 Å². The number of piperidine rings is 1. The molecule has 3 nitrogen and oxygen atoms in total. The second-order valence-electron chi connectivity index (χ2n) is 5.47. The molecule has 1 aromatic heterocycles. The van der Waals surface area contributed by atoms with E-state index in [-0.39, 0.29) is 0 Å². The van der Waals surface area contributed by atoms with Gasteiger partial charge in [0.25, 0.3) is 0 Å². The lowest BCUT2D eigenvalue weighted by Crippen LogP contribution is -2.38. The van der Waals surface area contributed by atoms with Crippen LogP contribution in [0.4, 0.5) is 5.69 Å². The molecule has 2 heterocycles. The van der Waals surface area contributed by atoms with Crippen molar-refractivity contribution < 1.29 is 5.11 Å². The summed E-state index contributed by atoms with van der Waals surface area (Å²) in [6.07, 6.45) is 2.71. The number of nitrogens with zero attached hydrogens (tertiary/aromatic N) is 2. The third kappa shape index (κ3) is 2.97. The Morgan fingerprint density at radius 3 is 2.41 bits per heavy atom. The Kier molecular flexibility index (Phi) is 3.67. The molecule has 0 bridgehead atoms. The number of hydrogen-bond donors (Lipinski definition) is 1. The molecule has 1 saturated heterocycles. The van der Waals surface area contributed by atoms with Crippen molar-refractivity contribution in [2.75, 3.05) is 18.0 Å². The van der Waals surface area contributed by atoms with Crippen molar-refractivity contribution in [1.82, 2.24) is 4.98 Å². The molecule has 1 N–H and O–H groups in total. The lowest BCUT2D eigenvalue weighted by molar-refractivity contribution is 0.194. The van der Waals surface area contributed by atoms with Crippen LogP contribution in [-0.2, 0) is 0 Å². The molecule has 0 aliphatic carbocycles. The van der Waals surface area contributed by atoms with Crippen LogP contribution in [0.2, 0.25) is 0 Å². The van der Waals surface area contributed by atoms with E-state index in [2.05, 4.69) is 29.8 Å². The van der Waals surface area contributed by atoms with E-state index in [0.29, 0.717) is 0 Å². The zero-order valence-electron chi connectivity index (χ0n) is 10.9. The van der Waals surface area contributed by atoms with Gasteiger partial charge in [0, 0.05) is 13.1 Å². The molecule has 0 radical (unpaired) electrons. The monoisotopic (exact) mass is 234 g/mol. The molecular formula is C14H22N2O. The van der Waals surface area contributed by atoms with Crippen LogP contribution in [0.1, 0.15) is 39.0 Å². The van der Waals surface area contributed by atoms with E-state index in [9.17, 15) is 5.11 Å². The molecule has 1 aliphatic heterocycles. The number of aliphatic hydroxyl groups excluding tert-OH is 1. The first-order chi connectivity index (χ1) is 8.06. The minimum atomic E-state index is -0.483. The number of aliphatic hydroxyl groups is 1. The van der Waals surface area contributed by atoms with Crippen molar-refractivity contribution in [3.8, 4) is 0 Å². The third-order valence-corrected chi connectivity index (χ3v) is 3.43. The number of hydrogen-bond acceptors (Lipinski definition) is 3. The minimum absolute atomic E-state index is 0.483. The molecule has 3 heteroatoms. The van der Waals surface area contributed by atoms with Gasteiger partial charge in [-0.05, 0) is 37.3 Å². The fourth-order valence-corrected chi connectivity index (χ4v) is 2.71. The highest BCUT2D eigenvalue weighted by molar-refractivity contribution is 5.45. The van der Waals surface area contributed by atoms with Crippen LogP contribution in [0.3, 0.4) is 0 Å². The van der Waals surface area contributed by atoms with E-state index in [0.717, 1.165) is 30.6 Å². The van der Waals surface area contributed by atoms with Crippen molar-refractivity contribution in [2.24, 2.45) is 11.8 Å². The summed E-state index contributed by atoms with van der Waals surface area (Å²) < 4.78 is 0. The quantitative estimate of drug-likeness (QED) is 0.854. The normalized spacial score (nSPS) is 26.9. The van der Waals surface area contributed by atoms with Gasteiger partial charge in [-0.1, -0.05) is 13.8 Å². The zero-order chi connectivity index (χ0) is 12.4. The summed E-state index contributed by atoms with van der Waals surface area (Å²) in [6.45, 7) is 8.58. The highest BCUT2D eigenvalue weighted by Crippen LogP contribution is 2.26. The lowest BCUT2D eigenvalue weighted by Gasteiger charge is -2.36. The van der Waals surface area contributed by atoms with Gasteiger partial charge in [-0.15, -0.1) is 0 Å². The molecule has 2 rings (SSSR count). The number of pyridine rings is 1. The van der Waals surface area contributed by atoms with Gasteiger partial charge in [0.2, 0.25) is 0 Å². The molecule has 94 valence electrons. The van der Waals surface area contributed by atoms with E-state index in [1.54, 1.807) is 6.92 Å². The van der Waals surface area contributed by atoms with Crippen molar-refractivity contribution >= 4 is 5.69 Å². The van der Waals surface area contributed by atoms with Gasteiger partial charge < -0.3 is 10.0 Å². The average Bonchev–Trinajstić information content (AvgIpc) is 2.28. The van der Waals surface area contributed by atoms with Gasteiger partial charge in [-0.3, -0.25) is 4.98 Å². The van der Waals surface area contributed by atoms with Crippen molar-refractivity contribution in [1.29, 1.82) is 0 Å². The molecule has 17 heavy (non-hydrogen) atoms. The van der Waals surface area contributed by atoms with E-state index in [1.165, 1.54) is 12.1 Å². The SMILES string of the molecule is CC1CC(C)CN(c2ccc([C@H](C)O)nc2)C1. The summed E-state index contributed by atoms with van der Waals surface area (Å²) in [4.78, 5) is 6.71. The number of anilines is 1. The summed E-state index contributed by atoms with van der Waals surface area (Å²) in [5.74, 6) is 1.49. The third-order valence-electron chi connectivity index (χ3n) is 3.43. The van der Waals surface area contributed by atoms with Crippen LogP contribution >= 0.6 is 0 Å². The number of rotatable bonds is 2. The predicted octanol–water partition coefficient (Wildman–Crippen LogP) is 2.62. The summed E-state index contributed by atoms with van der Waals surface area (Å²) in [5, 5.41) is 9.43. The highest BCUT2D eigenvalue weighted by atomic mass is 16.3. The summed E-state index contributed by atoms with van der Waals surface area (Å²) in [6, 6.07) is 3.99. The molecule has 2 unspecified atom stereocenters. The van der Waals surface area contributed by atoms with Crippen LogP contribution in [0, 0.1) is 11.8 Å². The Labute approximate surface area is 103 Å². The Bertz CT molecular complexity index is 351. The van der Waals surface area contributed by atoms with Crippen molar-refractivity contribution in [3.05, 3.63) is 24.0 Å². The van der Waals surface area contributed by atoms with Crippen LogP contribution in [0.5, 0.6) is 0 Å². The Morgan fingerprint density at radius 1 is 1.29 bits per heavy atom. The second kappa shape index (κ2) is 5.05. The standard InChI is InChI=1S/C14H22N2O/c1-10-6-11(2)9-16(8-10)13-4-5-14(12(3)17)15-7-13/h4-5,7,10-12,17H,6,8-9H2,1-3H3/t10?,11?,12-/m0/s1. The van der Waals surface area contributed by atoms with Gasteiger partial charge in [0.1, 0.15) is 0 Å². The molecule has 0 amide bonds. The maximum absolute atomic E-state index is 9.43. The average molecular weight is 234 g/mol. The van der Waals surface area contributed by atoms with E-state index in [4.69, 9.17) is 0 Å². The summed E-state index contributed by atoms with van der Waals surface area (Å²) >= 11 is 0. The van der Waals surface area contributed by atoms with Gasteiger partial charge in [0.05, 0.1) is 23.7 Å². The Morgan fingerprint density at radius 2 is 1.94 bits per heavy atom. The van der Waals surface area contributed by atoms with Crippen molar-refractivity contribution in [3.63, 3.8) is 0 Å². The fraction of sp³-hybridized carbons (Fsp3) is 0.643. The largest absolute Gasteiger partial charge is 0.387 e. The van der Waals surface area contributed by atoms with E-state index < -0.39 is 6.10 Å². The van der Waals surface area contributed by atoms with E-state index >= 15 is 0 Å². The Hall–Kier alpha value is -1.09. The minimum Gasteiger partial charge on any atom is -0.387 e. The molecule has 0 spiro atoms. The zero-order valence-corrected chi connectivity index (χ0v) is 10.9. The van der Waals surface area contributed by atoms with Gasteiger partial charge in [-0.2, -0.15) is 0 Å². The first kappa shape index (κ1) is 12.4. The smallest absolute Gasteiger partial charge is 0.0931 e. The maximum atomic E-state index is 9.43. The predicted molar refractivity (Wildman–Crippen MR) is 70.0 cm³/mol. The first-order valence-electron chi connectivity index (χ1n) is 6.45. The summed E-state index contributed by atoms with van der Waals surface area (Å²) in [7, 11) is 0. The topological polar surface area (TPSA) is 36.4 Å². The Balaban J connectivity index is 2.11. The van der Waals surface area contributed by atoms with Crippen LogP contribution < -0.4 is 4.90 Å². The van der Waals surface area contributed by atoms with Gasteiger partial charge in [-0.25, -0.2) is 0 Å². The molecule has 1 aliphatic rings. The molecule has 0 saturated carbocycles. The number of aromatic nitrogens is 1. The lowest BCUT2D eigenvalue weighted by atomic mass is 9.91.